The second-order valence-electron chi connectivity index (χ2n) is 14.0. The van der Waals surface area contributed by atoms with Gasteiger partial charge < -0.3 is 0 Å². The second kappa shape index (κ2) is 12.8. The minimum atomic E-state index is 0.639. The molecular formula is C51H31N3S. The number of thiophene rings is 1. The highest BCUT2D eigenvalue weighted by molar-refractivity contribution is 7.25. The fourth-order valence-corrected chi connectivity index (χ4v) is 9.18. The highest BCUT2D eigenvalue weighted by Gasteiger charge is 2.18. The van der Waals surface area contributed by atoms with Gasteiger partial charge in [0.05, 0.1) is 0 Å². The Hall–Kier alpha value is -7.01. The summed E-state index contributed by atoms with van der Waals surface area (Å²) in [5.41, 5.74) is 7.50. The summed E-state index contributed by atoms with van der Waals surface area (Å²) in [5, 5.41) is 10.1. The summed E-state index contributed by atoms with van der Waals surface area (Å²) >= 11 is 1.85. The van der Waals surface area contributed by atoms with Gasteiger partial charge in [-0.15, -0.1) is 11.3 Å². The SMILES string of the molecule is c1ccc(-c2nc(-c3ccccc3)nc(-c3cccc(-c4cc(-c5ccc6sc7ccccc7c6c5)cc5c6ccccc6c6ccccc6c45)c3)n2)cc1. The topological polar surface area (TPSA) is 38.7 Å². The molecular weight excluding hydrogens is 687 g/mol. The third-order valence-electron chi connectivity index (χ3n) is 10.7. The summed E-state index contributed by atoms with van der Waals surface area (Å²) < 4.78 is 2.62. The molecule has 0 fully saturated rings. The van der Waals surface area contributed by atoms with Crippen molar-refractivity contribution in [2.45, 2.75) is 0 Å². The van der Waals surface area contributed by atoms with Gasteiger partial charge in [-0.1, -0.05) is 152 Å². The van der Waals surface area contributed by atoms with E-state index in [-0.39, 0.29) is 0 Å². The van der Waals surface area contributed by atoms with Crippen LogP contribution in [0.15, 0.2) is 188 Å². The van der Waals surface area contributed by atoms with E-state index in [0.29, 0.717) is 17.5 Å². The maximum Gasteiger partial charge on any atom is 0.164 e. The molecule has 11 aromatic rings. The van der Waals surface area contributed by atoms with Crippen molar-refractivity contribution in [3.8, 4) is 56.4 Å². The van der Waals surface area contributed by atoms with E-state index in [1.54, 1.807) is 0 Å². The Morgan fingerprint density at radius 3 is 1.45 bits per heavy atom. The predicted molar refractivity (Wildman–Crippen MR) is 232 cm³/mol. The van der Waals surface area contributed by atoms with Crippen LogP contribution in [0.5, 0.6) is 0 Å². The molecule has 0 radical (unpaired) electrons. The Bertz CT molecular complexity index is 3200. The molecule has 0 aliphatic carbocycles. The first kappa shape index (κ1) is 31.5. The summed E-state index contributed by atoms with van der Waals surface area (Å²) in [6.45, 7) is 0. The molecule has 3 nitrogen and oxygen atoms in total. The lowest BCUT2D eigenvalue weighted by molar-refractivity contribution is 1.07. The zero-order chi connectivity index (χ0) is 36.3. The van der Waals surface area contributed by atoms with Crippen LogP contribution >= 0.6 is 11.3 Å². The number of hydrogen-bond acceptors (Lipinski definition) is 4. The van der Waals surface area contributed by atoms with Gasteiger partial charge in [0.2, 0.25) is 0 Å². The predicted octanol–water partition coefficient (Wildman–Crippen LogP) is 14.0. The number of rotatable bonds is 5. The van der Waals surface area contributed by atoms with Crippen molar-refractivity contribution in [1.29, 1.82) is 0 Å². The molecule has 0 saturated heterocycles. The largest absolute Gasteiger partial charge is 0.208 e. The third kappa shape index (κ3) is 5.38. The van der Waals surface area contributed by atoms with Crippen LogP contribution in [0, 0.1) is 0 Å². The average molecular weight is 718 g/mol. The van der Waals surface area contributed by atoms with Crippen LogP contribution in [0.3, 0.4) is 0 Å². The van der Waals surface area contributed by atoms with Crippen molar-refractivity contribution in [3.63, 3.8) is 0 Å². The molecule has 2 heterocycles. The average Bonchev–Trinajstić information content (AvgIpc) is 3.65. The highest BCUT2D eigenvalue weighted by atomic mass is 32.1. The summed E-state index contributed by atoms with van der Waals surface area (Å²) in [5.74, 6) is 1.94. The Kier molecular flexibility index (Phi) is 7.35. The standard InChI is InChI=1S/C51H31N3S/c1-3-14-32(15-4-1)49-52-50(33-16-5-2-6-17-33)54-51(53-49)36-19-13-18-35(28-36)43-30-37(34-26-27-47-44(29-34)41-23-11-12-25-46(41)55-47)31-45-40-22-8-7-20-38(40)39-21-9-10-24-42(39)48(43)45/h1-31H. The van der Waals surface area contributed by atoms with Crippen molar-refractivity contribution in [1.82, 2.24) is 15.0 Å². The van der Waals surface area contributed by atoms with Gasteiger partial charge in [0, 0.05) is 36.9 Å². The van der Waals surface area contributed by atoms with E-state index in [9.17, 15) is 0 Å². The lowest BCUT2D eigenvalue weighted by Crippen LogP contribution is -2.00. The molecule has 9 aromatic carbocycles. The van der Waals surface area contributed by atoms with Gasteiger partial charge in [-0.25, -0.2) is 15.0 Å². The normalized spacial score (nSPS) is 11.6. The second-order valence-corrected chi connectivity index (χ2v) is 15.0. The van der Waals surface area contributed by atoms with E-state index < -0.39 is 0 Å². The fraction of sp³-hybridized carbons (Fsp3) is 0. The third-order valence-corrected chi connectivity index (χ3v) is 11.8. The highest BCUT2D eigenvalue weighted by Crippen LogP contribution is 2.44. The van der Waals surface area contributed by atoms with Crippen LogP contribution < -0.4 is 0 Å². The van der Waals surface area contributed by atoms with Crippen molar-refractivity contribution in [2.75, 3.05) is 0 Å². The molecule has 0 aliphatic heterocycles. The van der Waals surface area contributed by atoms with Crippen molar-refractivity contribution in [2.24, 2.45) is 0 Å². The van der Waals surface area contributed by atoms with Gasteiger partial charge in [0.1, 0.15) is 0 Å². The maximum absolute atomic E-state index is 5.08. The van der Waals surface area contributed by atoms with Crippen molar-refractivity contribution in [3.05, 3.63) is 188 Å². The van der Waals surface area contributed by atoms with Gasteiger partial charge in [-0.05, 0) is 91.0 Å². The molecule has 0 saturated carbocycles. The minimum Gasteiger partial charge on any atom is -0.208 e. The molecule has 2 aromatic heterocycles. The lowest BCUT2D eigenvalue weighted by Gasteiger charge is -2.17. The number of aromatic nitrogens is 3. The van der Waals surface area contributed by atoms with Gasteiger partial charge in [0.15, 0.2) is 17.5 Å². The van der Waals surface area contributed by atoms with E-state index in [1.807, 2.05) is 72.0 Å². The van der Waals surface area contributed by atoms with Crippen LogP contribution in [0.4, 0.5) is 0 Å². The quantitative estimate of drug-likeness (QED) is 0.166. The van der Waals surface area contributed by atoms with Gasteiger partial charge in [0.25, 0.3) is 0 Å². The zero-order valence-electron chi connectivity index (χ0n) is 29.6. The lowest BCUT2D eigenvalue weighted by atomic mass is 9.86. The van der Waals surface area contributed by atoms with Crippen LogP contribution in [0.1, 0.15) is 0 Å². The van der Waals surface area contributed by atoms with Gasteiger partial charge in [-0.2, -0.15) is 0 Å². The van der Waals surface area contributed by atoms with Crippen LogP contribution in [0.25, 0.3) is 109 Å². The molecule has 256 valence electrons. The number of hydrogen-bond donors (Lipinski definition) is 0. The molecule has 0 bridgehead atoms. The molecule has 0 unspecified atom stereocenters. The van der Waals surface area contributed by atoms with Gasteiger partial charge >= 0.3 is 0 Å². The molecule has 11 rings (SSSR count). The minimum absolute atomic E-state index is 0.639. The van der Waals surface area contributed by atoms with Crippen molar-refractivity contribution >= 4 is 63.8 Å². The van der Waals surface area contributed by atoms with Crippen LogP contribution in [-0.4, -0.2) is 15.0 Å². The van der Waals surface area contributed by atoms with E-state index in [1.165, 1.54) is 69.2 Å². The van der Waals surface area contributed by atoms with E-state index in [4.69, 9.17) is 15.0 Å². The molecule has 0 atom stereocenters. The molecule has 0 amide bonds. The van der Waals surface area contributed by atoms with E-state index in [2.05, 4.69) is 127 Å². The summed E-state index contributed by atoms with van der Waals surface area (Å²) in [4.78, 5) is 15.1. The summed E-state index contributed by atoms with van der Waals surface area (Å²) in [6, 6.07) is 67.1. The van der Waals surface area contributed by atoms with Crippen LogP contribution in [-0.2, 0) is 0 Å². The maximum atomic E-state index is 5.08. The Labute approximate surface area is 321 Å². The first-order valence-electron chi connectivity index (χ1n) is 18.5. The molecule has 4 heteroatoms. The Morgan fingerprint density at radius 1 is 0.273 bits per heavy atom. The Balaban J connectivity index is 1.18. The number of benzene rings is 9. The summed E-state index contributed by atoms with van der Waals surface area (Å²) in [7, 11) is 0. The first-order chi connectivity index (χ1) is 27.2. The van der Waals surface area contributed by atoms with E-state index in [0.717, 1.165) is 22.3 Å². The monoisotopic (exact) mass is 717 g/mol. The molecule has 55 heavy (non-hydrogen) atoms. The van der Waals surface area contributed by atoms with Gasteiger partial charge in [-0.3, -0.25) is 0 Å². The number of nitrogens with zero attached hydrogens (tertiary/aromatic N) is 3. The van der Waals surface area contributed by atoms with Crippen LogP contribution in [0.2, 0.25) is 0 Å². The zero-order valence-corrected chi connectivity index (χ0v) is 30.5. The molecule has 0 aliphatic rings. The molecule has 0 spiro atoms. The molecule has 0 N–H and O–H groups in total. The van der Waals surface area contributed by atoms with E-state index >= 15 is 0 Å². The fourth-order valence-electron chi connectivity index (χ4n) is 8.10. The smallest absolute Gasteiger partial charge is 0.164 e. The number of fused-ring (bicyclic) bond motifs is 9. The van der Waals surface area contributed by atoms with Crippen molar-refractivity contribution < 1.29 is 0 Å². The first-order valence-corrected chi connectivity index (χ1v) is 19.3. The summed E-state index contributed by atoms with van der Waals surface area (Å²) in [6.07, 6.45) is 0. The Morgan fingerprint density at radius 2 is 0.764 bits per heavy atom.